The Morgan fingerprint density at radius 1 is 1.03 bits per heavy atom. The first kappa shape index (κ1) is 20.2. The number of halogens is 1. The third-order valence-corrected chi connectivity index (χ3v) is 8.14. The van der Waals surface area contributed by atoms with Crippen molar-refractivity contribution in [3.8, 4) is 17.0 Å². The summed E-state index contributed by atoms with van der Waals surface area (Å²) < 4.78 is 32.7. The van der Waals surface area contributed by atoms with Crippen molar-refractivity contribution in [2.24, 2.45) is 0 Å². The zero-order valence-electron chi connectivity index (χ0n) is 15.8. The highest BCUT2D eigenvalue weighted by molar-refractivity contribution is 7.89. The molecule has 0 N–H and O–H groups in total. The van der Waals surface area contributed by atoms with Crippen molar-refractivity contribution >= 4 is 38.1 Å². The van der Waals surface area contributed by atoms with Gasteiger partial charge in [0.05, 0.1) is 17.8 Å². The number of ether oxygens (including phenoxy) is 1. The molecule has 152 valence electrons. The summed E-state index contributed by atoms with van der Waals surface area (Å²) in [5.41, 5.74) is 1.80. The molecule has 1 aromatic heterocycles. The van der Waals surface area contributed by atoms with Crippen LogP contribution < -0.4 is 9.64 Å². The molecule has 0 bridgehead atoms. The van der Waals surface area contributed by atoms with Crippen LogP contribution >= 0.6 is 22.9 Å². The summed E-state index contributed by atoms with van der Waals surface area (Å²) in [4.78, 5) is 7.02. The second-order valence-corrected chi connectivity index (χ2v) is 9.69. The fraction of sp³-hybridized carbons (Fsp3) is 0.250. The zero-order chi connectivity index (χ0) is 20.4. The standard InChI is InChI=1S/C20H20ClN3O3S2/c1-27-18-8-4-2-6-15(18)17-14-28-20(22-17)23-10-12-24(13-11-23)29(25,26)19-9-5-3-7-16(19)21/h2-9,14H,10-13H2,1H3. The minimum absolute atomic E-state index is 0.155. The predicted octanol–water partition coefficient (Wildman–Crippen LogP) is 3.98. The molecule has 0 aliphatic carbocycles. The van der Waals surface area contributed by atoms with Crippen molar-refractivity contribution in [2.75, 3.05) is 38.2 Å². The van der Waals surface area contributed by atoms with Crippen molar-refractivity contribution in [1.82, 2.24) is 9.29 Å². The summed E-state index contributed by atoms with van der Waals surface area (Å²) in [7, 11) is -1.96. The summed E-state index contributed by atoms with van der Waals surface area (Å²) in [6.45, 7) is 1.92. The van der Waals surface area contributed by atoms with Gasteiger partial charge in [-0.1, -0.05) is 35.9 Å². The van der Waals surface area contributed by atoms with Gasteiger partial charge < -0.3 is 9.64 Å². The van der Waals surface area contributed by atoms with E-state index in [2.05, 4.69) is 4.90 Å². The van der Waals surface area contributed by atoms with Crippen LogP contribution in [0.25, 0.3) is 11.3 Å². The Bertz CT molecular complexity index is 1110. The summed E-state index contributed by atoms with van der Waals surface area (Å²) in [6, 6.07) is 14.3. The predicted molar refractivity (Wildman–Crippen MR) is 117 cm³/mol. The molecule has 1 aliphatic rings. The van der Waals surface area contributed by atoms with E-state index in [1.54, 1.807) is 42.7 Å². The third-order valence-electron chi connectivity index (χ3n) is 4.84. The molecule has 0 radical (unpaired) electrons. The topological polar surface area (TPSA) is 62.7 Å². The number of anilines is 1. The van der Waals surface area contributed by atoms with Crippen LogP contribution in [-0.2, 0) is 10.0 Å². The van der Waals surface area contributed by atoms with E-state index in [-0.39, 0.29) is 9.92 Å². The maximum Gasteiger partial charge on any atom is 0.244 e. The average molecular weight is 450 g/mol. The molecule has 2 aromatic carbocycles. The fourth-order valence-electron chi connectivity index (χ4n) is 3.30. The minimum Gasteiger partial charge on any atom is -0.496 e. The maximum absolute atomic E-state index is 12.9. The molecule has 0 amide bonds. The Kier molecular flexibility index (Phi) is 5.78. The highest BCUT2D eigenvalue weighted by atomic mass is 35.5. The van der Waals surface area contributed by atoms with Crippen molar-refractivity contribution in [2.45, 2.75) is 4.90 Å². The molecule has 29 heavy (non-hydrogen) atoms. The van der Waals surface area contributed by atoms with Crippen LogP contribution in [0.1, 0.15) is 0 Å². The van der Waals surface area contributed by atoms with E-state index in [9.17, 15) is 8.42 Å². The molecule has 1 fully saturated rings. The van der Waals surface area contributed by atoms with E-state index in [4.69, 9.17) is 21.3 Å². The van der Waals surface area contributed by atoms with Crippen LogP contribution in [0.2, 0.25) is 5.02 Å². The summed E-state index contributed by atoms with van der Waals surface area (Å²) in [5, 5.41) is 3.12. The van der Waals surface area contributed by atoms with E-state index >= 15 is 0 Å². The lowest BCUT2D eigenvalue weighted by atomic mass is 10.1. The van der Waals surface area contributed by atoms with Gasteiger partial charge in [0.15, 0.2) is 5.13 Å². The van der Waals surface area contributed by atoms with Gasteiger partial charge in [0, 0.05) is 37.1 Å². The van der Waals surface area contributed by atoms with Crippen LogP contribution in [0.4, 0.5) is 5.13 Å². The number of piperazine rings is 1. The van der Waals surface area contributed by atoms with Crippen LogP contribution in [-0.4, -0.2) is 51.0 Å². The van der Waals surface area contributed by atoms with E-state index in [1.807, 2.05) is 29.6 Å². The fourth-order valence-corrected chi connectivity index (χ4v) is 6.10. The molecular weight excluding hydrogens is 430 g/mol. The van der Waals surface area contributed by atoms with Crippen LogP contribution in [0.5, 0.6) is 5.75 Å². The van der Waals surface area contributed by atoms with Crippen LogP contribution in [0.15, 0.2) is 58.8 Å². The molecule has 1 saturated heterocycles. The second kappa shape index (κ2) is 8.31. The molecule has 9 heteroatoms. The number of benzene rings is 2. The molecule has 6 nitrogen and oxygen atoms in total. The Morgan fingerprint density at radius 3 is 2.45 bits per heavy atom. The lowest BCUT2D eigenvalue weighted by molar-refractivity contribution is 0.385. The molecule has 0 atom stereocenters. The van der Waals surface area contributed by atoms with Gasteiger partial charge in [-0.2, -0.15) is 4.31 Å². The van der Waals surface area contributed by atoms with E-state index in [0.717, 1.165) is 22.1 Å². The molecule has 0 saturated carbocycles. The molecule has 4 rings (SSSR count). The normalized spacial score (nSPS) is 15.4. The Morgan fingerprint density at radius 2 is 1.72 bits per heavy atom. The summed E-state index contributed by atoms with van der Waals surface area (Å²) >= 11 is 7.65. The third kappa shape index (κ3) is 3.98. The molecular formula is C20H20ClN3O3S2. The number of methoxy groups -OCH3 is 1. The lowest BCUT2D eigenvalue weighted by Gasteiger charge is -2.33. The maximum atomic E-state index is 12.9. The quantitative estimate of drug-likeness (QED) is 0.589. The number of sulfonamides is 1. The van der Waals surface area contributed by atoms with E-state index < -0.39 is 10.0 Å². The molecule has 0 unspecified atom stereocenters. The minimum atomic E-state index is -3.60. The number of hydrogen-bond donors (Lipinski definition) is 0. The smallest absolute Gasteiger partial charge is 0.244 e. The number of aromatic nitrogens is 1. The second-order valence-electron chi connectivity index (χ2n) is 6.54. The number of hydrogen-bond acceptors (Lipinski definition) is 6. The molecule has 0 spiro atoms. The number of rotatable bonds is 5. The van der Waals surface area contributed by atoms with Crippen molar-refractivity contribution in [3.63, 3.8) is 0 Å². The number of thiazole rings is 1. The first-order valence-electron chi connectivity index (χ1n) is 9.09. The first-order chi connectivity index (χ1) is 14.0. The van der Waals surface area contributed by atoms with Crippen molar-refractivity contribution < 1.29 is 13.2 Å². The van der Waals surface area contributed by atoms with E-state index in [0.29, 0.717) is 26.2 Å². The van der Waals surface area contributed by atoms with E-state index in [1.165, 1.54) is 4.31 Å². The van der Waals surface area contributed by atoms with Gasteiger partial charge in [0.2, 0.25) is 10.0 Å². The highest BCUT2D eigenvalue weighted by Crippen LogP contribution is 2.34. The summed E-state index contributed by atoms with van der Waals surface area (Å²) in [6.07, 6.45) is 0. The SMILES string of the molecule is COc1ccccc1-c1csc(N2CCN(S(=O)(=O)c3ccccc3Cl)CC2)n1. The van der Waals surface area contributed by atoms with Gasteiger partial charge in [-0.3, -0.25) is 0 Å². The number of para-hydroxylation sites is 1. The van der Waals surface area contributed by atoms with Gasteiger partial charge in [-0.25, -0.2) is 13.4 Å². The number of nitrogens with zero attached hydrogens (tertiary/aromatic N) is 3. The molecule has 1 aliphatic heterocycles. The molecule has 2 heterocycles. The molecule has 3 aromatic rings. The largest absolute Gasteiger partial charge is 0.496 e. The Balaban J connectivity index is 1.48. The van der Waals surface area contributed by atoms with Gasteiger partial charge in [-0.15, -0.1) is 11.3 Å². The van der Waals surface area contributed by atoms with Gasteiger partial charge in [0.25, 0.3) is 0 Å². The average Bonchev–Trinajstić information content (AvgIpc) is 3.24. The van der Waals surface area contributed by atoms with Crippen molar-refractivity contribution in [3.05, 3.63) is 58.9 Å². The van der Waals surface area contributed by atoms with Crippen LogP contribution in [0.3, 0.4) is 0 Å². The summed E-state index contributed by atoms with van der Waals surface area (Å²) in [5.74, 6) is 0.778. The Labute approximate surface area is 179 Å². The van der Waals surface area contributed by atoms with Gasteiger partial charge in [-0.05, 0) is 24.3 Å². The zero-order valence-corrected chi connectivity index (χ0v) is 18.2. The van der Waals surface area contributed by atoms with Crippen molar-refractivity contribution in [1.29, 1.82) is 0 Å². The van der Waals surface area contributed by atoms with Gasteiger partial charge >= 0.3 is 0 Å². The van der Waals surface area contributed by atoms with Crippen LogP contribution in [0, 0.1) is 0 Å². The Hall–Kier alpha value is -2.13. The lowest BCUT2D eigenvalue weighted by Crippen LogP contribution is -2.48. The monoisotopic (exact) mass is 449 g/mol. The van der Waals surface area contributed by atoms with Gasteiger partial charge in [0.1, 0.15) is 10.6 Å². The highest BCUT2D eigenvalue weighted by Gasteiger charge is 2.30. The first-order valence-corrected chi connectivity index (χ1v) is 11.8.